The number of hydrogen-bond acceptors (Lipinski definition) is 6. The predicted molar refractivity (Wildman–Crippen MR) is 328 cm³/mol. The van der Waals surface area contributed by atoms with Crippen LogP contribution in [0.5, 0.6) is 0 Å². The summed E-state index contributed by atoms with van der Waals surface area (Å²) in [6.07, 6.45) is 36.0. The van der Waals surface area contributed by atoms with Crippen LogP contribution in [-0.2, 0) is 12.8 Å². The summed E-state index contributed by atoms with van der Waals surface area (Å²) < 4.78 is 12.9. The van der Waals surface area contributed by atoms with Crippen molar-refractivity contribution >= 4 is 150 Å². The van der Waals surface area contributed by atoms with Crippen LogP contribution < -0.4 is 5.79 Å². The van der Waals surface area contributed by atoms with Crippen molar-refractivity contribution in [1.82, 2.24) is 0 Å². The molecule has 374 valence electrons. The van der Waals surface area contributed by atoms with Crippen molar-refractivity contribution in [3.63, 3.8) is 0 Å². The molecule has 0 spiro atoms. The summed E-state index contributed by atoms with van der Waals surface area (Å²) in [6, 6.07) is 15.6. The van der Waals surface area contributed by atoms with Gasteiger partial charge in [0, 0.05) is 0 Å². The first kappa shape index (κ1) is 55.8. The molecule has 0 aliphatic rings. The summed E-state index contributed by atoms with van der Waals surface area (Å²) in [4.78, 5) is 22.0. The molecule has 7 aromatic rings. The Labute approximate surface area is 447 Å². The molecule has 0 amide bonds. The van der Waals surface area contributed by atoms with Crippen LogP contribution in [0.3, 0.4) is 0 Å². The monoisotopic (exact) mass is 1240 g/mol. The van der Waals surface area contributed by atoms with E-state index in [1.165, 1.54) is 177 Å². The molecule has 68 heavy (non-hydrogen) atoms. The van der Waals surface area contributed by atoms with E-state index in [0.29, 0.717) is 0 Å². The molecule has 0 aliphatic carbocycles. The van der Waals surface area contributed by atoms with E-state index in [2.05, 4.69) is 162 Å². The summed E-state index contributed by atoms with van der Waals surface area (Å²) in [5.41, 5.74) is 3.15. The number of hydrogen-bond donors (Lipinski definition) is 0. The average molecular weight is 1240 g/mol. The molecule has 0 N–H and O–H groups in total. The summed E-state index contributed by atoms with van der Waals surface area (Å²) in [5.74, 6) is 1.62. The van der Waals surface area contributed by atoms with Gasteiger partial charge in [-0.15, -0.1) is 0 Å². The maximum absolute atomic E-state index is 2.67. The third-order valence-corrected chi connectivity index (χ3v) is 40.8. The summed E-state index contributed by atoms with van der Waals surface area (Å²) in [7, 11) is 0. The second-order valence-electron chi connectivity index (χ2n) is 23.0. The van der Waals surface area contributed by atoms with Crippen molar-refractivity contribution in [3.05, 3.63) is 46.2 Å². The second kappa shape index (κ2) is 27.0. The Hall–Kier alpha value is 0.0574. The Kier molecular flexibility index (Phi) is 22.2. The van der Waals surface area contributed by atoms with E-state index in [4.69, 9.17) is 0 Å². The molecule has 2 unspecified atom stereocenters. The number of fused-ring (bicyclic) bond motifs is 6. The number of thiophene rings is 6. The molecule has 0 saturated carbocycles. The fourth-order valence-electron chi connectivity index (χ4n) is 10.7. The fourth-order valence-corrected chi connectivity index (χ4v) is 29.6. The van der Waals surface area contributed by atoms with Crippen molar-refractivity contribution in [2.24, 2.45) is 11.8 Å². The summed E-state index contributed by atoms with van der Waals surface area (Å²) in [6.45, 7) is 9.40. The van der Waals surface area contributed by atoms with Crippen LogP contribution in [0.4, 0.5) is 0 Å². The Bertz CT molecular complexity index is 2410. The minimum absolute atomic E-state index is 0.808. The third-order valence-electron chi connectivity index (χ3n) is 14.8. The van der Waals surface area contributed by atoms with Crippen LogP contribution in [-0.4, -0.2) is 36.8 Å². The minimum atomic E-state index is -2.33. The van der Waals surface area contributed by atoms with Crippen molar-refractivity contribution in [3.8, 4) is 20.9 Å². The van der Waals surface area contributed by atoms with E-state index in [1.807, 2.05) is 0 Å². The van der Waals surface area contributed by atoms with Crippen LogP contribution >= 0.6 is 68.0 Å². The van der Waals surface area contributed by atoms with E-state index in [0.717, 1.165) is 11.8 Å². The Morgan fingerprint density at radius 2 is 0.691 bits per heavy atom. The predicted octanol–water partition coefficient (Wildman–Crippen LogP) is 22.9. The van der Waals surface area contributed by atoms with Crippen LogP contribution in [0.25, 0.3) is 59.9 Å². The maximum atomic E-state index is 2.67. The SMILES string of the molecule is CCCCCCCCC(CCCCCC)Cc1ccc(-c2c3sc4c[c]([Sn]([CH3])([CH3])[CH3])sc4c3c(-c3ccc(CC(CCCCCC)CCCCCCCC)s3)c3sc4c[c]([Sn]([CH3])([CH3])[CH3])sc4c23)s1. The number of rotatable bonds is 32. The molecule has 0 fully saturated rings. The summed E-state index contributed by atoms with van der Waals surface area (Å²) in [5, 5.41) is 3.18. The second-order valence-corrected chi connectivity index (χ2v) is 60.3. The van der Waals surface area contributed by atoms with Crippen LogP contribution in [0.1, 0.15) is 192 Å². The van der Waals surface area contributed by atoms with E-state index < -0.39 is 36.8 Å². The van der Waals surface area contributed by atoms with Gasteiger partial charge >= 0.3 is 322 Å². The molecule has 8 heteroatoms. The van der Waals surface area contributed by atoms with Gasteiger partial charge in [-0.25, -0.2) is 0 Å². The third kappa shape index (κ3) is 14.7. The average Bonchev–Trinajstić information content (AvgIpc) is 4.16. The van der Waals surface area contributed by atoms with Gasteiger partial charge in [-0.05, 0) is 0 Å². The van der Waals surface area contributed by atoms with Gasteiger partial charge in [-0.2, -0.15) is 0 Å². The van der Waals surface area contributed by atoms with Gasteiger partial charge in [-0.1, -0.05) is 130 Å². The zero-order valence-corrected chi connectivity index (χ0v) is 55.1. The van der Waals surface area contributed by atoms with E-state index in [-0.39, 0.29) is 0 Å². The van der Waals surface area contributed by atoms with Crippen molar-refractivity contribution in [2.75, 3.05) is 0 Å². The molecule has 0 nitrogen and oxygen atoms in total. The first-order chi connectivity index (χ1) is 32.8. The van der Waals surface area contributed by atoms with E-state index >= 15 is 0 Å². The molecule has 6 heterocycles. The molecule has 7 rings (SSSR count). The van der Waals surface area contributed by atoms with Gasteiger partial charge in [0.15, 0.2) is 0 Å². The molecular formula is C60H90S6Sn2. The standard InChI is InChI=1S/C54H72S6.6CH3.2Sn/c1-5-9-13-17-19-23-27-39(25-21-15-11-7-3)37-41-29-31-43(57-41)47-49-51-45(33-35-55-51)60-54(49)48(50-52-46(34-36-56-52)59-53(47)50)44-32-30-42(58-44)38-40(26-22-16-12-8-4)28-24-20-18-14-10-6-2;;;;;;;;/h29-34,39-40H,5-28,37-38H2,1-4H3;6*1H3;;. The van der Waals surface area contributed by atoms with Gasteiger partial charge in [0.2, 0.25) is 0 Å². The number of benzene rings is 1. The zero-order valence-electron chi connectivity index (χ0n) is 44.5. The molecule has 2 atom stereocenters. The molecule has 6 aromatic heterocycles. The van der Waals surface area contributed by atoms with E-state index in [1.54, 1.807) is 65.6 Å². The number of unbranched alkanes of at least 4 members (excludes halogenated alkanes) is 16. The normalized spacial score (nSPS) is 13.7. The van der Waals surface area contributed by atoms with Crippen LogP contribution in [0.15, 0.2) is 36.4 Å². The molecule has 1 aromatic carbocycles. The molecular weight excluding hydrogens is 1150 g/mol. The molecule has 0 bridgehead atoms. The van der Waals surface area contributed by atoms with Crippen molar-refractivity contribution < 1.29 is 0 Å². The first-order valence-corrected chi connectivity index (χ1v) is 52.8. The zero-order chi connectivity index (χ0) is 48.3. The fraction of sp³-hybridized carbons (Fsp3) is 0.633. The molecule has 0 radical (unpaired) electrons. The van der Waals surface area contributed by atoms with Gasteiger partial charge < -0.3 is 0 Å². The van der Waals surface area contributed by atoms with Gasteiger partial charge in [0.25, 0.3) is 0 Å². The van der Waals surface area contributed by atoms with Gasteiger partial charge in [0.1, 0.15) is 0 Å². The van der Waals surface area contributed by atoms with Crippen molar-refractivity contribution in [2.45, 2.75) is 224 Å². The van der Waals surface area contributed by atoms with Crippen molar-refractivity contribution in [1.29, 1.82) is 0 Å². The Morgan fingerprint density at radius 1 is 0.368 bits per heavy atom. The topological polar surface area (TPSA) is 0 Å². The van der Waals surface area contributed by atoms with Crippen LogP contribution in [0, 0.1) is 11.8 Å². The van der Waals surface area contributed by atoms with Crippen LogP contribution in [0.2, 0.25) is 29.6 Å². The Balaban J connectivity index is 1.32. The Morgan fingerprint density at radius 3 is 1.03 bits per heavy atom. The quantitative estimate of drug-likeness (QED) is 0.0291. The summed E-state index contributed by atoms with van der Waals surface area (Å²) >= 11 is 8.35. The molecule has 0 aliphatic heterocycles. The van der Waals surface area contributed by atoms with Gasteiger partial charge in [-0.3, -0.25) is 0 Å². The van der Waals surface area contributed by atoms with E-state index in [9.17, 15) is 0 Å². The van der Waals surface area contributed by atoms with Gasteiger partial charge in [0.05, 0.1) is 0 Å². The molecule has 0 saturated heterocycles. The first-order valence-electron chi connectivity index (χ1n) is 27.9.